The lowest BCUT2D eigenvalue weighted by atomic mass is 10.2. The highest BCUT2D eigenvalue weighted by Crippen LogP contribution is 2.27. The first kappa shape index (κ1) is 18.4. The molecule has 2 aromatic carbocycles. The van der Waals surface area contributed by atoms with Gasteiger partial charge >= 0.3 is 0 Å². The molecule has 5 heteroatoms. The maximum Gasteiger partial charge on any atom is 0.123 e. The normalized spacial score (nSPS) is 10.9. The fourth-order valence-electron chi connectivity index (χ4n) is 2.77. The van der Waals surface area contributed by atoms with Crippen LogP contribution in [0.1, 0.15) is 18.2 Å². The third-order valence-corrected chi connectivity index (χ3v) is 5.21. The molecule has 1 heterocycles. The van der Waals surface area contributed by atoms with Crippen molar-refractivity contribution in [3.8, 4) is 22.1 Å². The Balaban J connectivity index is 1.67. The van der Waals surface area contributed by atoms with Crippen molar-refractivity contribution in [2.75, 3.05) is 20.8 Å². The highest BCUT2D eigenvalue weighted by molar-refractivity contribution is 7.13. The van der Waals surface area contributed by atoms with E-state index in [0.717, 1.165) is 47.4 Å². The van der Waals surface area contributed by atoms with Gasteiger partial charge in [0.25, 0.3) is 0 Å². The average Bonchev–Trinajstić information content (AvgIpc) is 3.16. The summed E-state index contributed by atoms with van der Waals surface area (Å²) in [7, 11) is 3.38. The van der Waals surface area contributed by atoms with Gasteiger partial charge in [-0.3, -0.25) is 4.90 Å². The second-order valence-corrected chi connectivity index (χ2v) is 6.89. The van der Waals surface area contributed by atoms with Crippen LogP contribution in [0.25, 0.3) is 10.6 Å². The van der Waals surface area contributed by atoms with Crippen LogP contribution in [0.3, 0.4) is 0 Å². The predicted molar refractivity (Wildman–Crippen MR) is 107 cm³/mol. The molecule has 136 valence electrons. The fraction of sp³-hybridized carbons (Fsp3) is 0.286. The quantitative estimate of drug-likeness (QED) is 0.569. The average molecular weight is 369 g/mol. The molecule has 3 aromatic rings. The Hall–Kier alpha value is -2.37. The lowest BCUT2D eigenvalue weighted by Crippen LogP contribution is -2.22. The lowest BCUT2D eigenvalue weighted by molar-refractivity contribution is 0.268. The first-order valence-corrected chi connectivity index (χ1v) is 9.54. The number of hydrogen-bond donors (Lipinski definition) is 0. The molecule has 0 bridgehead atoms. The summed E-state index contributed by atoms with van der Waals surface area (Å²) in [5.41, 5.74) is 3.47. The van der Waals surface area contributed by atoms with Crippen LogP contribution in [-0.4, -0.2) is 30.6 Å². The van der Waals surface area contributed by atoms with Crippen molar-refractivity contribution in [1.29, 1.82) is 0 Å². The molecule has 0 spiro atoms. The van der Waals surface area contributed by atoms with Gasteiger partial charge in [-0.05, 0) is 36.4 Å². The van der Waals surface area contributed by atoms with Crippen molar-refractivity contribution in [2.45, 2.75) is 20.0 Å². The van der Waals surface area contributed by atoms with Gasteiger partial charge in [0.05, 0.1) is 19.9 Å². The molecule has 3 rings (SSSR count). The minimum absolute atomic E-state index is 0.836. The van der Waals surface area contributed by atoms with E-state index in [4.69, 9.17) is 14.5 Å². The molecule has 4 nitrogen and oxygen atoms in total. The van der Waals surface area contributed by atoms with Crippen LogP contribution in [0.2, 0.25) is 0 Å². The molecule has 0 saturated heterocycles. The molecular weight excluding hydrogens is 344 g/mol. The van der Waals surface area contributed by atoms with E-state index in [2.05, 4.69) is 35.4 Å². The summed E-state index contributed by atoms with van der Waals surface area (Å²) in [5.74, 6) is 1.74. The van der Waals surface area contributed by atoms with E-state index in [1.807, 2.05) is 30.3 Å². The number of nitrogens with zero attached hydrogens (tertiary/aromatic N) is 2. The standard InChI is InChI=1S/C21H24N2O2S/c1-4-23(13-16-8-10-19(24-2)11-9-16)14-18-15-26-21(22-18)17-6-5-7-20(12-17)25-3/h5-12,15H,4,13-14H2,1-3H3. The molecule has 0 radical (unpaired) electrons. The molecular formula is C21H24N2O2S. The third-order valence-electron chi connectivity index (χ3n) is 4.27. The second kappa shape index (κ2) is 8.83. The molecule has 0 N–H and O–H groups in total. The van der Waals surface area contributed by atoms with Gasteiger partial charge < -0.3 is 9.47 Å². The summed E-state index contributed by atoms with van der Waals surface area (Å²) >= 11 is 1.68. The maximum atomic E-state index is 5.31. The zero-order chi connectivity index (χ0) is 18.4. The van der Waals surface area contributed by atoms with Crippen molar-refractivity contribution in [2.24, 2.45) is 0 Å². The van der Waals surface area contributed by atoms with Gasteiger partial charge in [0.2, 0.25) is 0 Å². The Morgan fingerprint density at radius 1 is 0.962 bits per heavy atom. The van der Waals surface area contributed by atoms with Crippen LogP contribution in [0.15, 0.2) is 53.9 Å². The fourth-order valence-corrected chi connectivity index (χ4v) is 3.57. The summed E-state index contributed by atoms with van der Waals surface area (Å²) in [4.78, 5) is 7.20. The molecule has 0 saturated carbocycles. The molecule has 0 aliphatic heterocycles. The molecule has 0 unspecified atom stereocenters. The number of aromatic nitrogens is 1. The van der Waals surface area contributed by atoms with Crippen LogP contribution in [0.4, 0.5) is 0 Å². The highest BCUT2D eigenvalue weighted by atomic mass is 32.1. The van der Waals surface area contributed by atoms with E-state index in [9.17, 15) is 0 Å². The molecule has 0 atom stereocenters. The van der Waals surface area contributed by atoms with Crippen molar-refractivity contribution in [1.82, 2.24) is 9.88 Å². The van der Waals surface area contributed by atoms with Gasteiger partial charge in [0, 0.05) is 24.0 Å². The van der Waals surface area contributed by atoms with Crippen LogP contribution >= 0.6 is 11.3 Å². The monoisotopic (exact) mass is 368 g/mol. The van der Waals surface area contributed by atoms with Crippen LogP contribution in [0, 0.1) is 0 Å². The lowest BCUT2D eigenvalue weighted by Gasteiger charge is -2.19. The first-order valence-electron chi connectivity index (χ1n) is 8.66. The van der Waals surface area contributed by atoms with E-state index in [1.54, 1.807) is 25.6 Å². The number of hydrogen-bond acceptors (Lipinski definition) is 5. The van der Waals surface area contributed by atoms with E-state index >= 15 is 0 Å². The van der Waals surface area contributed by atoms with E-state index in [-0.39, 0.29) is 0 Å². The molecule has 0 aliphatic carbocycles. The smallest absolute Gasteiger partial charge is 0.123 e. The number of thiazole rings is 1. The van der Waals surface area contributed by atoms with E-state index in [0.29, 0.717) is 0 Å². The van der Waals surface area contributed by atoms with Crippen LogP contribution < -0.4 is 9.47 Å². The number of benzene rings is 2. The zero-order valence-corrected chi connectivity index (χ0v) is 16.3. The Bertz CT molecular complexity index is 830. The first-order chi connectivity index (χ1) is 12.7. The minimum atomic E-state index is 0.836. The number of rotatable bonds is 8. The van der Waals surface area contributed by atoms with Crippen molar-refractivity contribution >= 4 is 11.3 Å². The Kier molecular flexibility index (Phi) is 6.26. The summed E-state index contributed by atoms with van der Waals surface area (Å²) in [5, 5.41) is 3.17. The van der Waals surface area contributed by atoms with Crippen LogP contribution in [-0.2, 0) is 13.1 Å². The Morgan fingerprint density at radius 3 is 2.42 bits per heavy atom. The number of ether oxygens (including phenoxy) is 2. The topological polar surface area (TPSA) is 34.6 Å². The molecule has 0 fully saturated rings. The third kappa shape index (κ3) is 4.62. The summed E-state index contributed by atoms with van der Waals surface area (Å²) in [6.45, 7) is 4.88. The van der Waals surface area contributed by atoms with Crippen molar-refractivity contribution < 1.29 is 9.47 Å². The van der Waals surface area contributed by atoms with Crippen molar-refractivity contribution in [3.63, 3.8) is 0 Å². The zero-order valence-electron chi connectivity index (χ0n) is 15.4. The summed E-state index contributed by atoms with van der Waals surface area (Å²) in [6.07, 6.45) is 0. The summed E-state index contributed by atoms with van der Waals surface area (Å²) < 4.78 is 10.5. The van der Waals surface area contributed by atoms with Crippen molar-refractivity contribution in [3.05, 3.63) is 65.2 Å². The Morgan fingerprint density at radius 2 is 1.73 bits per heavy atom. The predicted octanol–water partition coefficient (Wildman–Crippen LogP) is 4.85. The molecule has 0 amide bonds. The van der Waals surface area contributed by atoms with Gasteiger partial charge in [-0.25, -0.2) is 4.98 Å². The van der Waals surface area contributed by atoms with Gasteiger partial charge in [-0.2, -0.15) is 0 Å². The minimum Gasteiger partial charge on any atom is -0.497 e. The molecule has 1 aromatic heterocycles. The van der Waals surface area contributed by atoms with E-state index in [1.165, 1.54) is 5.56 Å². The highest BCUT2D eigenvalue weighted by Gasteiger charge is 2.10. The SMILES string of the molecule is CCN(Cc1ccc(OC)cc1)Cc1csc(-c2cccc(OC)c2)n1. The van der Waals surface area contributed by atoms with Gasteiger partial charge in [-0.1, -0.05) is 31.2 Å². The van der Waals surface area contributed by atoms with Gasteiger partial charge in [-0.15, -0.1) is 11.3 Å². The molecule has 26 heavy (non-hydrogen) atoms. The summed E-state index contributed by atoms with van der Waals surface area (Å²) in [6, 6.07) is 16.3. The number of methoxy groups -OCH3 is 2. The van der Waals surface area contributed by atoms with E-state index < -0.39 is 0 Å². The largest absolute Gasteiger partial charge is 0.497 e. The molecule has 0 aliphatic rings. The van der Waals surface area contributed by atoms with Crippen LogP contribution in [0.5, 0.6) is 11.5 Å². The maximum absolute atomic E-state index is 5.31. The second-order valence-electron chi connectivity index (χ2n) is 6.03. The van der Waals surface area contributed by atoms with Gasteiger partial charge in [0.15, 0.2) is 0 Å². The van der Waals surface area contributed by atoms with Gasteiger partial charge in [0.1, 0.15) is 16.5 Å². The Labute approximate surface area is 159 Å².